The van der Waals surface area contributed by atoms with E-state index in [-0.39, 0.29) is 36.3 Å². The summed E-state index contributed by atoms with van der Waals surface area (Å²) >= 11 is 0. The minimum absolute atomic E-state index is 0.0612. The molecule has 0 atom stereocenters. The summed E-state index contributed by atoms with van der Waals surface area (Å²) < 4.78 is 48.9. The smallest absolute Gasteiger partial charge is 0.417 e. The maximum absolute atomic E-state index is 12.6. The lowest BCUT2D eigenvalue weighted by Gasteiger charge is -2.34. The fourth-order valence-corrected chi connectivity index (χ4v) is 3.07. The molecule has 1 amide bonds. The number of rotatable bonds is 3. The van der Waals surface area contributed by atoms with Crippen molar-refractivity contribution < 1.29 is 26.8 Å². The van der Waals surface area contributed by atoms with E-state index >= 15 is 0 Å². The molecule has 0 bridgehead atoms. The number of pyridine rings is 1. The Morgan fingerprint density at radius 1 is 1.17 bits per heavy atom. The van der Waals surface area contributed by atoms with Crippen LogP contribution in [0.2, 0.25) is 0 Å². The predicted molar refractivity (Wildman–Crippen MR) is 96.3 cm³/mol. The van der Waals surface area contributed by atoms with Crippen LogP contribution in [0, 0.1) is 11.3 Å². The van der Waals surface area contributed by atoms with Gasteiger partial charge in [0.25, 0.3) is 11.8 Å². The number of nitrogens with zero attached hydrogens (tertiary/aromatic N) is 5. The van der Waals surface area contributed by atoms with Gasteiger partial charge in [-0.3, -0.25) is 9.78 Å². The zero-order valence-corrected chi connectivity index (χ0v) is 15.4. The molecule has 154 valence electrons. The van der Waals surface area contributed by atoms with E-state index in [9.17, 15) is 23.2 Å². The third-order valence-corrected chi connectivity index (χ3v) is 4.61. The van der Waals surface area contributed by atoms with Crippen LogP contribution in [-0.2, 0) is 6.18 Å². The first-order chi connectivity index (χ1) is 14.4. The highest BCUT2D eigenvalue weighted by Crippen LogP contribution is 2.30. The molecule has 11 heteroatoms. The Hall–Kier alpha value is -3.81. The summed E-state index contributed by atoms with van der Waals surface area (Å²) in [5.41, 5.74) is -0.870. The van der Waals surface area contributed by atoms with Gasteiger partial charge in [-0.25, -0.2) is 0 Å². The molecule has 4 heterocycles. The van der Waals surface area contributed by atoms with E-state index in [2.05, 4.69) is 9.97 Å². The molecule has 1 aliphatic rings. The third-order valence-electron chi connectivity index (χ3n) is 4.61. The van der Waals surface area contributed by atoms with Gasteiger partial charge in [0.1, 0.15) is 11.8 Å². The van der Waals surface area contributed by atoms with E-state index in [1.54, 1.807) is 17.0 Å². The molecule has 0 unspecified atom stereocenters. The van der Waals surface area contributed by atoms with E-state index in [0.29, 0.717) is 25.0 Å². The minimum atomic E-state index is -4.51. The zero-order chi connectivity index (χ0) is 21.3. The van der Waals surface area contributed by atoms with Crippen molar-refractivity contribution in [2.24, 2.45) is 0 Å². The lowest BCUT2D eigenvalue weighted by Crippen LogP contribution is -2.49. The summed E-state index contributed by atoms with van der Waals surface area (Å²) in [5.74, 6) is 0.389. The van der Waals surface area contributed by atoms with Gasteiger partial charge >= 0.3 is 6.18 Å². The van der Waals surface area contributed by atoms with E-state index in [1.165, 1.54) is 11.2 Å². The molecular weight excluding hydrogens is 403 g/mol. The highest BCUT2D eigenvalue weighted by Gasteiger charge is 2.32. The number of carbonyl (C=O) groups is 1. The first-order valence-corrected chi connectivity index (χ1v) is 8.89. The molecule has 3 aromatic heterocycles. The van der Waals surface area contributed by atoms with Crippen molar-refractivity contribution in [3.05, 3.63) is 53.7 Å². The molecule has 0 aliphatic carbocycles. The summed E-state index contributed by atoms with van der Waals surface area (Å²) in [6.45, 7) is 1.27. The van der Waals surface area contributed by atoms with Gasteiger partial charge in [0, 0.05) is 32.4 Å². The third kappa shape index (κ3) is 3.71. The molecule has 30 heavy (non-hydrogen) atoms. The quantitative estimate of drug-likeness (QED) is 0.645. The van der Waals surface area contributed by atoms with E-state index < -0.39 is 17.6 Å². The number of aromatic nitrogens is 2. The van der Waals surface area contributed by atoms with Crippen molar-refractivity contribution in [3.8, 4) is 17.7 Å². The van der Waals surface area contributed by atoms with Crippen molar-refractivity contribution in [2.75, 3.05) is 31.1 Å². The van der Waals surface area contributed by atoms with E-state index in [1.807, 2.05) is 6.07 Å². The highest BCUT2D eigenvalue weighted by atomic mass is 19.4. The second kappa shape index (κ2) is 7.55. The van der Waals surface area contributed by atoms with Gasteiger partial charge in [-0.05, 0) is 24.3 Å². The number of carbonyl (C=O) groups excluding carboxylic acids is 1. The first-order valence-electron chi connectivity index (χ1n) is 8.89. The van der Waals surface area contributed by atoms with Crippen molar-refractivity contribution in [3.63, 3.8) is 0 Å². The van der Waals surface area contributed by atoms with Crippen LogP contribution in [0.25, 0.3) is 11.7 Å². The second-order valence-corrected chi connectivity index (χ2v) is 6.47. The molecule has 0 aromatic carbocycles. The number of oxazole rings is 1. The van der Waals surface area contributed by atoms with E-state index in [4.69, 9.17) is 8.83 Å². The van der Waals surface area contributed by atoms with Crippen LogP contribution in [0.15, 0.2) is 45.6 Å². The average molecular weight is 417 g/mol. The number of furan rings is 1. The Bertz CT molecular complexity index is 1080. The summed E-state index contributed by atoms with van der Waals surface area (Å²) in [5, 5.41) is 9.35. The number of hydrogen-bond acceptors (Lipinski definition) is 7. The monoisotopic (exact) mass is 417 g/mol. The number of piperazine rings is 1. The number of nitriles is 1. The summed E-state index contributed by atoms with van der Waals surface area (Å²) in [6.07, 6.45) is -2.40. The molecule has 3 aromatic rings. The van der Waals surface area contributed by atoms with Gasteiger partial charge in [-0.2, -0.15) is 23.4 Å². The van der Waals surface area contributed by atoms with E-state index in [0.717, 1.165) is 12.1 Å². The van der Waals surface area contributed by atoms with Crippen molar-refractivity contribution in [1.82, 2.24) is 14.9 Å². The van der Waals surface area contributed by atoms with Crippen LogP contribution in [0.3, 0.4) is 0 Å². The van der Waals surface area contributed by atoms with Crippen molar-refractivity contribution in [2.45, 2.75) is 6.18 Å². The molecular formula is C19H14F3N5O3. The zero-order valence-electron chi connectivity index (χ0n) is 15.4. The van der Waals surface area contributed by atoms with Crippen LogP contribution in [0.1, 0.15) is 21.7 Å². The number of hydrogen-bond donors (Lipinski definition) is 0. The molecule has 8 nitrogen and oxygen atoms in total. The second-order valence-electron chi connectivity index (χ2n) is 6.47. The number of anilines is 1. The molecule has 4 rings (SSSR count). The van der Waals surface area contributed by atoms with Gasteiger partial charge in [-0.1, -0.05) is 0 Å². The molecule has 0 saturated carbocycles. The van der Waals surface area contributed by atoms with Crippen LogP contribution >= 0.6 is 0 Å². The fraction of sp³-hybridized carbons (Fsp3) is 0.263. The molecule has 0 N–H and O–H groups in total. The van der Waals surface area contributed by atoms with Gasteiger partial charge in [-0.15, -0.1) is 0 Å². The molecule has 0 radical (unpaired) electrons. The summed E-state index contributed by atoms with van der Waals surface area (Å²) in [6, 6.07) is 7.21. The summed E-state index contributed by atoms with van der Waals surface area (Å²) in [7, 11) is 0. The Morgan fingerprint density at radius 3 is 2.50 bits per heavy atom. The fourth-order valence-electron chi connectivity index (χ4n) is 3.07. The van der Waals surface area contributed by atoms with Crippen LogP contribution < -0.4 is 4.90 Å². The van der Waals surface area contributed by atoms with Gasteiger partial charge in [0.2, 0.25) is 11.6 Å². The maximum Gasteiger partial charge on any atom is 0.417 e. The highest BCUT2D eigenvalue weighted by molar-refractivity contribution is 5.92. The topological polar surface area (TPSA) is 99.4 Å². The normalized spacial score (nSPS) is 14.6. The SMILES string of the molecule is N#Cc1nc(-c2ccco2)oc1N1CCN(C(=O)c2ccc(C(F)(F)F)cn2)CC1. The summed E-state index contributed by atoms with van der Waals surface area (Å²) in [4.78, 5) is 23.6. The van der Waals surface area contributed by atoms with Gasteiger partial charge in [0.05, 0.1) is 11.8 Å². The number of halogens is 3. The largest absolute Gasteiger partial charge is 0.459 e. The predicted octanol–water partition coefficient (Wildman–Crippen LogP) is 3.18. The van der Waals surface area contributed by atoms with Crippen molar-refractivity contribution >= 4 is 11.8 Å². The average Bonchev–Trinajstić information content (AvgIpc) is 3.42. The molecule has 0 spiro atoms. The molecule has 1 aliphatic heterocycles. The molecule has 1 fully saturated rings. The lowest BCUT2D eigenvalue weighted by atomic mass is 10.2. The van der Waals surface area contributed by atoms with Crippen LogP contribution in [-0.4, -0.2) is 47.0 Å². The van der Waals surface area contributed by atoms with Gasteiger partial charge in [0.15, 0.2) is 5.76 Å². The van der Waals surface area contributed by atoms with Crippen molar-refractivity contribution in [1.29, 1.82) is 5.26 Å². The Labute approximate surface area is 168 Å². The number of alkyl halides is 3. The Balaban J connectivity index is 1.44. The standard InChI is InChI=1S/C19H14F3N5O3/c20-19(21,22)12-3-4-13(24-11-12)17(28)26-5-7-27(8-6-26)18-14(10-23)25-16(30-18)15-2-1-9-29-15/h1-4,9,11H,5-8H2. The Morgan fingerprint density at radius 2 is 1.93 bits per heavy atom. The number of amides is 1. The maximum atomic E-state index is 12.6. The minimum Gasteiger partial charge on any atom is -0.459 e. The Kier molecular flexibility index (Phi) is 4.91. The van der Waals surface area contributed by atoms with Crippen LogP contribution in [0.5, 0.6) is 0 Å². The lowest BCUT2D eigenvalue weighted by molar-refractivity contribution is -0.137. The first kappa shape index (κ1) is 19.5. The molecule has 1 saturated heterocycles. The van der Waals surface area contributed by atoms with Crippen LogP contribution in [0.4, 0.5) is 19.1 Å². The van der Waals surface area contributed by atoms with Gasteiger partial charge < -0.3 is 18.6 Å².